The van der Waals surface area contributed by atoms with Gasteiger partial charge in [0.15, 0.2) is 0 Å². The molecule has 0 amide bonds. The van der Waals surface area contributed by atoms with E-state index in [9.17, 15) is 13.2 Å². The van der Waals surface area contributed by atoms with E-state index in [-0.39, 0.29) is 0 Å². The third kappa shape index (κ3) is 2.29. The number of pyridine rings is 1. The number of aromatic nitrogens is 3. The molecule has 0 unspecified atom stereocenters. The van der Waals surface area contributed by atoms with Gasteiger partial charge in [0.05, 0.1) is 22.8 Å². The van der Waals surface area contributed by atoms with Crippen molar-refractivity contribution in [3.05, 3.63) is 46.7 Å². The molecular weight excluding hydrogens is 335 g/mol. The molecule has 3 aromatic rings. The number of H-pyrrole nitrogens is 1. The molecule has 7 heteroatoms. The van der Waals surface area contributed by atoms with Crippen molar-refractivity contribution >= 4 is 27.0 Å². The quantitative estimate of drug-likeness (QED) is 0.712. The molecule has 0 atom stereocenters. The van der Waals surface area contributed by atoms with Crippen LogP contribution in [0.15, 0.2) is 41.1 Å². The van der Waals surface area contributed by atoms with Gasteiger partial charge in [0, 0.05) is 16.2 Å². The summed E-state index contributed by atoms with van der Waals surface area (Å²) in [5.41, 5.74) is 0.969. The van der Waals surface area contributed by atoms with E-state index >= 15 is 0 Å². The van der Waals surface area contributed by atoms with E-state index < -0.39 is 11.7 Å². The van der Waals surface area contributed by atoms with Crippen molar-refractivity contribution in [3.63, 3.8) is 0 Å². The Hall–Kier alpha value is -1.89. The Morgan fingerprint density at radius 2 is 1.95 bits per heavy atom. The van der Waals surface area contributed by atoms with Gasteiger partial charge in [-0.2, -0.15) is 13.2 Å². The molecule has 2 heterocycles. The summed E-state index contributed by atoms with van der Waals surface area (Å²) in [6.07, 6.45) is -1.23. The molecule has 3 rings (SSSR count). The van der Waals surface area contributed by atoms with Crippen LogP contribution in [0, 0.1) is 0 Å². The van der Waals surface area contributed by atoms with E-state index in [0.29, 0.717) is 26.9 Å². The van der Waals surface area contributed by atoms with Gasteiger partial charge < -0.3 is 4.98 Å². The standard InChI is InChI=1S/C13H7BrF3N3/c14-9-2-1-7(13(15,16)17)5-8(9)12-19-10-3-4-18-6-11(10)20-12/h1-6H,(H,19,20). The summed E-state index contributed by atoms with van der Waals surface area (Å²) in [6.45, 7) is 0. The lowest BCUT2D eigenvalue weighted by atomic mass is 10.1. The number of halogens is 4. The van der Waals surface area contributed by atoms with Gasteiger partial charge in [0.25, 0.3) is 0 Å². The fourth-order valence-corrected chi connectivity index (χ4v) is 2.30. The van der Waals surface area contributed by atoms with Gasteiger partial charge in [0.2, 0.25) is 0 Å². The number of nitrogens with one attached hydrogen (secondary N) is 1. The minimum Gasteiger partial charge on any atom is -0.337 e. The summed E-state index contributed by atoms with van der Waals surface area (Å²) in [5, 5.41) is 0. The van der Waals surface area contributed by atoms with Crippen molar-refractivity contribution in [2.24, 2.45) is 0 Å². The van der Waals surface area contributed by atoms with E-state index in [1.165, 1.54) is 6.07 Å². The summed E-state index contributed by atoms with van der Waals surface area (Å²) in [4.78, 5) is 11.2. The monoisotopic (exact) mass is 341 g/mol. The maximum absolute atomic E-state index is 12.8. The van der Waals surface area contributed by atoms with Crippen molar-refractivity contribution < 1.29 is 13.2 Å². The lowest BCUT2D eigenvalue weighted by Gasteiger charge is -2.09. The Balaban J connectivity index is 2.17. The average Bonchev–Trinajstić information content (AvgIpc) is 2.81. The zero-order chi connectivity index (χ0) is 14.3. The van der Waals surface area contributed by atoms with E-state index in [1.807, 2.05) is 0 Å². The lowest BCUT2D eigenvalue weighted by Crippen LogP contribution is -2.05. The van der Waals surface area contributed by atoms with Crippen LogP contribution in [0.3, 0.4) is 0 Å². The predicted octanol–water partition coefficient (Wildman–Crippen LogP) is 4.41. The Kier molecular flexibility index (Phi) is 3.01. The van der Waals surface area contributed by atoms with Crippen LogP contribution in [-0.2, 0) is 6.18 Å². The number of aromatic amines is 1. The van der Waals surface area contributed by atoms with E-state index in [0.717, 1.165) is 12.1 Å². The third-order valence-corrected chi connectivity index (χ3v) is 3.52. The second kappa shape index (κ2) is 4.59. The van der Waals surface area contributed by atoms with E-state index in [1.54, 1.807) is 18.5 Å². The molecule has 0 saturated heterocycles. The summed E-state index contributed by atoms with van der Waals surface area (Å²) < 4.78 is 38.8. The van der Waals surface area contributed by atoms with Gasteiger partial charge in [-0.1, -0.05) is 15.9 Å². The average molecular weight is 342 g/mol. The number of fused-ring (bicyclic) bond motifs is 1. The van der Waals surface area contributed by atoms with Crippen LogP contribution in [0.5, 0.6) is 0 Å². The molecule has 1 N–H and O–H groups in total. The topological polar surface area (TPSA) is 41.6 Å². The van der Waals surface area contributed by atoms with Gasteiger partial charge in [-0.25, -0.2) is 4.98 Å². The van der Waals surface area contributed by atoms with Gasteiger partial charge >= 0.3 is 6.18 Å². The van der Waals surface area contributed by atoms with Crippen molar-refractivity contribution in [1.29, 1.82) is 0 Å². The zero-order valence-electron chi connectivity index (χ0n) is 9.87. The molecule has 0 bridgehead atoms. The molecule has 0 aliphatic heterocycles. The van der Waals surface area contributed by atoms with Gasteiger partial charge in [-0.15, -0.1) is 0 Å². The van der Waals surface area contributed by atoms with Crippen LogP contribution in [0.1, 0.15) is 5.56 Å². The number of hydrogen-bond acceptors (Lipinski definition) is 2. The fraction of sp³-hybridized carbons (Fsp3) is 0.0769. The Morgan fingerprint density at radius 3 is 2.65 bits per heavy atom. The number of nitrogens with zero attached hydrogens (tertiary/aromatic N) is 2. The first-order chi connectivity index (χ1) is 9.45. The highest BCUT2D eigenvalue weighted by molar-refractivity contribution is 9.10. The van der Waals surface area contributed by atoms with E-state index in [2.05, 4.69) is 30.9 Å². The van der Waals surface area contributed by atoms with Crippen molar-refractivity contribution in [3.8, 4) is 11.4 Å². The number of alkyl halides is 3. The van der Waals surface area contributed by atoms with Crippen LogP contribution in [0.4, 0.5) is 13.2 Å². The summed E-state index contributed by atoms with van der Waals surface area (Å²) in [7, 11) is 0. The molecule has 3 nitrogen and oxygen atoms in total. The Labute approximate surface area is 120 Å². The molecular formula is C13H7BrF3N3. The summed E-state index contributed by atoms with van der Waals surface area (Å²) >= 11 is 3.25. The smallest absolute Gasteiger partial charge is 0.337 e. The van der Waals surface area contributed by atoms with Crippen molar-refractivity contribution in [1.82, 2.24) is 15.0 Å². The molecule has 0 aliphatic rings. The first kappa shape index (κ1) is 13.1. The van der Waals surface area contributed by atoms with E-state index in [4.69, 9.17) is 0 Å². The first-order valence-electron chi connectivity index (χ1n) is 5.62. The first-order valence-corrected chi connectivity index (χ1v) is 6.41. The highest BCUT2D eigenvalue weighted by Gasteiger charge is 2.31. The molecule has 0 aliphatic carbocycles. The number of hydrogen-bond donors (Lipinski definition) is 1. The zero-order valence-corrected chi connectivity index (χ0v) is 11.5. The molecule has 0 saturated carbocycles. The summed E-state index contributed by atoms with van der Waals surface area (Å²) in [5.74, 6) is 0.367. The minimum absolute atomic E-state index is 0.357. The highest BCUT2D eigenvalue weighted by atomic mass is 79.9. The second-order valence-electron chi connectivity index (χ2n) is 4.17. The number of rotatable bonds is 1. The van der Waals surface area contributed by atoms with Crippen LogP contribution in [0.25, 0.3) is 22.4 Å². The summed E-state index contributed by atoms with van der Waals surface area (Å²) in [6, 6.07) is 5.15. The lowest BCUT2D eigenvalue weighted by molar-refractivity contribution is -0.137. The van der Waals surface area contributed by atoms with Crippen LogP contribution in [-0.4, -0.2) is 15.0 Å². The molecule has 102 valence electrons. The maximum Gasteiger partial charge on any atom is 0.416 e. The molecule has 20 heavy (non-hydrogen) atoms. The SMILES string of the molecule is FC(F)(F)c1ccc(Br)c(-c2nc3ccncc3[nH]2)c1. The Morgan fingerprint density at radius 1 is 1.15 bits per heavy atom. The number of benzene rings is 1. The van der Waals surface area contributed by atoms with Crippen LogP contribution < -0.4 is 0 Å². The highest BCUT2D eigenvalue weighted by Crippen LogP contribution is 2.35. The molecule has 0 fully saturated rings. The second-order valence-corrected chi connectivity index (χ2v) is 5.02. The molecule has 0 spiro atoms. The molecule has 2 aromatic heterocycles. The van der Waals surface area contributed by atoms with Crippen molar-refractivity contribution in [2.45, 2.75) is 6.18 Å². The minimum atomic E-state index is -4.39. The van der Waals surface area contributed by atoms with Crippen molar-refractivity contribution in [2.75, 3.05) is 0 Å². The Bertz CT molecular complexity index is 747. The predicted molar refractivity (Wildman–Crippen MR) is 72.0 cm³/mol. The normalized spacial score (nSPS) is 12.0. The fourth-order valence-electron chi connectivity index (χ4n) is 1.87. The largest absolute Gasteiger partial charge is 0.416 e. The van der Waals surface area contributed by atoms with Crippen LogP contribution in [0.2, 0.25) is 0 Å². The van der Waals surface area contributed by atoms with Gasteiger partial charge in [-0.05, 0) is 24.3 Å². The van der Waals surface area contributed by atoms with Crippen LogP contribution >= 0.6 is 15.9 Å². The molecule has 0 radical (unpaired) electrons. The molecule has 1 aromatic carbocycles. The van der Waals surface area contributed by atoms with Gasteiger partial charge in [-0.3, -0.25) is 4.98 Å². The maximum atomic E-state index is 12.8. The van der Waals surface area contributed by atoms with Gasteiger partial charge in [0.1, 0.15) is 5.82 Å². The third-order valence-electron chi connectivity index (χ3n) is 2.83. The number of imidazole rings is 1.